The summed E-state index contributed by atoms with van der Waals surface area (Å²) in [6.07, 6.45) is 1.21. The van der Waals surface area contributed by atoms with Crippen LogP contribution in [0.25, 0.3) is 55.5 Å². The third kappa shape index (κ3) is 7.93. The molecule has 5 aromatic rings. The zero-order valence-electron chi connectivity index (χ0n) is 35.5. The molecule has 306 valence electrons. The number of rotatable bonds is 12. The zero-order valence-corrected chi connectivity index (χ0v) is 35.5. The Morgan fingerprint density at radius 2 is 0.917 bits per heavy atom. The summed E-state index contributed by atoms with van der Waals surface area (Å²) in [5.41, 5.74) is 17.5. The van der Waals surface area contributed by atoms with E-state index in [0.29, 0.717) is 24.2 Å². The molecular formula is C50H50N4O6. The van der Waals surface area contributed by atoms with E-state index in [1.807, 2.05) is 68.4 Å². The van der Waals surface area contributed by atoms with Gasteiger partial charge >= 0.3 is 11.9 Å². The molecule has 0 spiro atoms. The normalized spacial score (nSPS) is 12.4. The molecule has 10 nitrogen and oxygen atoms in total. The van der Waals surface area contributed by atoms with Gasteiger partial charge in [-0.3, -0.25) is 9.59 Å². The van der Waals surface area contributed by atoms with Crippen molar-refractivity contribution < 1.29 is 28.5 Å². The van der Waals surface area contributed by atoms with Crippen LogP contribution >= 0.6 is 0 Å². The molecule has 7 rings (SSSR count). The monoisotopic (exact) mass is 802 g/mol. The molecule has 60 heavy (non-hydrogen) atoms. The fraction of sp³-hybridized carbons (Fsp3) is 0.240. The molecular weight excluding hydrogens is 753 g/mol. The number of carbonyl (C=O) groups is 2. The highest BCUT2D eigenvalue weighted by molar-refractivity contribution is 6.00. The van der Waals surface area contributed by atoms with Crippen LogP contribution in [-0.2, 0) is 19.1 Å². The molecule has 0 radical (unpaired) electrons. The molecule has 3 aromatic heterocycles. The van der Waals surface area contributed by atoms with Gasteiger partial charge in [-0.15, -0.1) is 0 Å². The second-order valence-electron chi connectivity index (χ2n) is 15.0. The number of H-pyrrole nitrogens is 2. The smallest absolute Gasteiger partial charge is 0.305 e. The van der Waals surface area contributed by atoms with Crippen LogP contribution in [0.4, 0.5) is 0 Å². The number of aromatic nitrogens is 4. The van der Waals surface area contributed by atoms with E-state index in [9.17, 15) is 9.59 Å². The first-order chi connectivity index (χ1) is 28.8. The number of fused-ring (bicyclic) bond motifs is 8. The van der Waals surface area contributed by atoms with E-state index in [2.05, 4.69) is 55.2 Å². The molecule has 0 aliphatic carbocycles. The fourth-order valence-electron chi connectivity index (χ4n) is 8.04. The minimum atomic E-state index is -0.309. The van der Waals surface area contributed by atoms with Crippen LogP contribution < -0.4 is 9.47 Å². The number of allylic oxidation sites excluding steroid dienone is 4. The maximum atomic E-state index is 12.5. The molecule has 0 saturated carbocycles. The van der Waals surface area contributed by atoms with Crippen LogP contribution in [-0.4, -0.2) is 60.3 Å². The van der Waals surface area contributed by atoms with Crippen LogP contribution in [0.2, 0.25) is 0 Å². The largest absolute Gasteiger partial charge is 0.497 e. The SMILES string of the molecule is C=C(c1ccc(OC)cc1)c1c(C)c2cc3[nH]c(cc4nc(cc5nc(cc1[nH]2)C(C)=C5CCC(=O)OC)C(CCC(=O)OC)=C4C)c(C)c3C(=C)c1ccc(OC)cc1. The second kappa shape index (κ2) is 17.1. The van der Waals surface area contributed by atoms with Gasteiger partial charge in [0.2, 0.25) is 0 Å². The Hall–Kier alpha value is -6.94. The van der Waals surface area contributed by atoms with E-state index in [1.165, 1.54) is 14.2 Å². The Morgan fingerprint density at radius 1 is 0.533 bits per heavy atom. The van der Waals surface area contributed by atoms with Gasteiger partial charge in [-0.25, -0.2) is 9.97 Å². The van der Waals surface area contributed by atoms with Gasteiger partial charge in [0.15, 0.2) is 0 Å². The first-order valence-electron chi connectivity index (χ1n) is 19.8. The first kappa shape index (κ1) is 41.2. The fourth-order valence-corrected chi connectivity index (χ4v) is 8.04. The van der Waals surface area contributed by atoms with Crippen LogP contribution in [0.5, 0.6) is 11.5 Å². The lowest BCUT2D eigenvalue weighted by Gasteiger charge is -2.09. The molecule has 0 amide bonds. The van der Waals surface area contributed by atoms with E-state index < -0.39 is 0 Å². The second-order valence-corrected chi connectivity index (χ2v) is 15.0. The first-order valence-corrected chi connectivity index (χ1v) is 19.8. The predicted molar refractivity (Wildman–Crippen MR) is 240 cm³/mol. The highest BCUT2D eigenvalue weighted by Gasteiger charge is 2.24. The van der Waals surface area contributed by atoms with E-state index in [4.69, 9.17) is 28.9 Å². The van der Waals surface area contributed by atoms with Gasteiger partial charge in [-0.1, -0.05) is 37.4 Å². The third-order valence-electron chi connectivity index (χ3n) is 11.6. The number of hydrogen-bond acceptors (Lipinski definition) is 8. The van der Waals surface area contributed by atoms with Gasteiger partial charge in [-0.2, -0.15) is 0 Å². The number of aromatic amines is 2. The Labute approximate surface area is 350 Å². The quantitative estimate of drug-likeness (QED) is 0.119. The average Bonchev–Trinajstić information content (AvgIpc) is 3.93. The van der Waals surface area contributed by atoms with Crippen molar-refractivity contribution in [2.45, 2.75) is 53.4 Å². The van der Waals surface area contributed by atoms with E-state index in [-0.39, 0.29) is 24.8 Å². The minimum absolute atomic E-state index is 0.184. The molecule has 10 heteroatoms. The highest BCUT2D eigenvalue weighted by atomic mass is 16.5. The Kier molecular flexibility index (Phi) is 11.8. The number of esters is 2. The number of carbonyl (C=O) groups excluding carboxylic acids is 2. The van der Waals surface area contributed by atoms with E-state index in [1.54, 1.807) is 14.2 Å². The van der Waals surface area contributed by atoms with Crippen LogP contribution in [0.3, 0.4) is 0 Å². The molecule has 2 aliphatic rings. The van der Waals surface area contributed by atoms with Gasteiger partial charge in [0.1, 0.15) is 11.5 Å². The summed E-state index contributed by atoms with van der Waals surface area (Å²) in [4.78, 5) is 42.8. The maximum Gasteiger partial charge on any atom is 0.305 e. The van der Waals surface area contributed by atoms with Crippen LogP contribution in [0.1, 0.15) is 95.7 Å². The molecule has 0 saturated heterocycles. The summed E-state index contributed by atoms with van der Waals surface area (Å²) in [5.74, 6) is 0.898. The molecule has 0 atom stereocenters. The zero-order chi connectivity index (χ0) is 42.8. The van der Waals surface area contributed by atoms with Crippen molar-refractivity contribution in [3.05, 3.63) is 142 Å². The topological polar surface area (TPSA) is 128 Å². The molecule has 0 unspecified atom stereocenters. The molecule has 2 aromatic carbocycles. The third-order valence-corrected chi connectivity index (χ3v) is 11.6. The van der Waals surface area contributed by atoms with Crippen molar-refractivity contribution in [1.29, 1.82) is 0 Å². The number of benzene rings is 2. The number of methoxy groups -OCH3 is 4. The summed E-state index contributed by atoms with van der Waals surface area (Å²) in [7, 11) is 6.09. The maximum absolute atomic E-state index is 12.5. The van der Waals surface area contributed by atoms with Gasteiger partial charge in [0, 0.05) is 46.0 Å². The highest BCUT2D eigenvalue weighted by Crippen LogP contribution is 2.40. The van der Waals surface area contributed by atoms with Crippen LogP contribution in [0.15, 0.2) is 86.0 Å². The number of nitrogens with zero attached hydrogens (tertiary/aromatic N) is 2. The average molecular weight is 803 g/mol. The number of hydrogen-bond donors (Lipinski definition) is 2. The van der Waals surface area contributed by atoms with Crippen molar-refractivity contribution in [3.63, 3.8) is 0 Å². The van der Waals surface area contributed by atoms with Crippen molar-refractivity contribution in [1.82, 2.24) is 19.9 Å². The Balaban J connectivity index is 1.58. The standard InChI is InChI=1S/C50H50N4O6/c1-27(33-11-15-35(57-7)16-12-33)49-31(5)41-23-39-29(3)37(19-21-47(55)59-9)43(51-39)26-44-38(20-22-48(56)60-10)30(4)40(52-44)24-45-50(32(6)42(54-45)25-46(49)53-41)28(2)34-13-17-36(58-8)18-14-34/h11-18,23-26,53-54H,1-2,19-22H2,3-10H3. The number of ether oxygens (including phenoxy) is 4. The number of aryl methyl sites for hydroxylation is 2. The molecule has 0 fully saturated rings. The van der Waals surface area contributed by atoms with Crippen molar-refractivity contribution >= 4 is 67.4 Å². The molecule has 2 aliphatic heterocycles. The summed E-state index contributed by atoms with van der Waals surface area (Å²) in [6.45, 7) is 17.5. The van der Waals surface area contributed by atoms with Crippen molar-refractivity contribution in [2.75, 3.05) is 28.4 Å². The van der Waals surface area contributed by atoms with Gasteiger partial charge < -0.3 is 28.9 Å². The summed E-state index contributed by atoms with van der Waals surface area (Å²) in [5, 5.41) is 0. The van der Waals surface area contributed by atoms with Crippen LogP contribution in [0, 0.1) is 13.8 Å². The lowest BCUT2D eigenvalue weighted by molar-refractivity contribution is -0.141. The number of nitrogens with one attached hydrogen (secondary N) is 2. The predicted octanol–water partition coefficient (Wildman–Crippen LogP) is 10.8. The summed E-state index contributed by atoms with van der Waals surface area (Å²) in [6, 6.07) is 24.0. The van der Waals surface area contributed by atoms with E-state index >= 15 is 0 Å². The molecule has 2 N–H and O–H groups in total. The van der Waals surface area contributed by atoms with E-state index in [0.717, 1.165) is 112 Å². The Bertz CT molecular complexity index is 2800. The van der Waals surface area contributed by atoms with Gasteiger partial charge in [0.25, 0.3) is 0 Å². The molecule has 5 heterocycles. The summed E-state index contributed by atoms with van der Waals surface area (Å²) < 4.78 is 21.0. The van der Waals surface area contributed by atoms with Gasteiger partial charge in [0.05, 0.1) is 51.2 Å². The minimum Gasteiger partial charge on any atom is -0.497 e. The summed E-state index contributed by atoms with van der Waals surface area (Å²) >= 11 is 0. The van der Waals surface area contributed by atoms with Crippen molar-refractivity contribution in [2.24, 2.45) is 0 Å². The lowest BCUT2D eigenvalue weighted by Crippen LogP contribution is -2.01. The van der Waals surface area contributed by atoms with Crippen molar-refractivity contribution in [3.8, 4) is 11.5 Å². The van der Waals surface area contributed by atoms with Gasteiger partial charge in [-0.05, 0) is 145 Å². The lowest BCUT2D eigenvalue weighted by atomic mass is 9.95. The molecule has 8 bridgehead atoms. The Morgan fingerprint density at radius 3 is 1.32 bits per heavy atom.